The number of hydrogen-bond acceptors (Lipinski definition) is 10. The molecule has 9 rings (SSSR count). The molecule has 1 aliphatic carbocycles. The largest absolute Gasteiger partial charge is 0.493 e. The van der Waals surface area contributed by atoms with Crippen LogP contribution in [0.3, 0.4) is 0 Å². The van der Waals surface area contributed by atoms with Gasteiger partial charge in [-0.3, -0.25) is 9.48 Å². The third-order valence-corrected chi connectivity index (χ3v) is 9.91. The number of carbonyl (C=O) groups is 2. The van der Waals surface area contributed by atoms with E-state index in [9.17, 15) is 9.59 Å². The van der Waals surface area contributed by atoms with Crippen LogP contribution in [-0.4, -0.2) is 69.8 Å². The number of amides is 3. The first kappa shape index (κ1) is 41.1. The van der Waals surface area contributed by atoms with Crippen molar-refractivity contribution in [3.63, 3.8) is 0 Å². The lowest BCUT2D eigenvalue weighted by Crippen LogP contribution is -2.38. The van der Waals surface area contributed by atoms with Crippen LogP contribution < -0.4 is 27.6 Å². The fourth-order valence-electron chi connectivity index (χ4n) is 6.43. The molecule has 5 heterocycles. The van der Waals surface area contributed by atoms with E-state index in [1.54, 1.807) is 47.3 Å². The smallest absolute Gasteiger partial charge is 0.345 e. The number of nitrogens with zero attached hydrogens (tertiary/aromatic N) is 8. The molecule has 7 aromatic rings. The number of aromatic amines is 1. The van der Waals surface area contributed by atoms with Gasteiger partial charge in [0.2, 0.25) is 5.91 Å². The average Bonchev–Trinajstić information content (AvgIpc) is 3.85. The predicted molar refractivity (Wildman–Crippen MR) is 224 cm³/mol. The van der Waals surface area contributed by atoms with Gasteiger partial charge >= 0.3 is 11.7 Å². The van der Waals surface area contributed by atoms with Crippen molar-refractivity contribution in [3.05, 3.63) is 111 Å². The Labute approximate surface area is 343 Å². The van der Waals surface area contributed by atoms with Gasteiger partial charge < -0.3 is 36.4 Å². The molecule has 0 unspecified atom stereocenters. The number of fused-ring (bicyclic) bond motifs is 3. The number of halogens is 2. The quantitative estimate of drug-likeness (QED) is 0.147. The molecule has 3 aromatic carbocycles. The van der Waals surface area contributed by atoms with Gasteiger partial charge in [-0.2, -0.15) is 5.10 Å². The molecule has 0 saturated heterocycles. The van der Waals surface area contributed by atoms with Crippen molar-refractivity contribution in [1.29, 1.82) is 0 Å². The number of aromatic nitrogens is 8. The standard InChI is InChI=1S/C24H25N7O.C8H5ClN2O.C7H8ClNO.CH4N2O/c1-3-21(32)30-9-10-31-20(14-30)22(28-24(31)15-7-8-15)17-5-4-6-19-18(17)12-25-23(27-19)16-11-26-29(2)13-16;9-6-2-1-3-7-5(6)4-10-8(12)11-7;1-10-7-5(8)3-2-4-6(7)9;2-1(3)4/h4-6,11-13,15H,3,7-10,14H2,1-2H3;1-4H,(H,10,11,12);2-4H,9H2,1H3;(H4,2,3,4). The minimum absolute atomic E-state index is 0.193. The molecule has 58 heavy (non-hydrogen) atoms. The van der Waals surface area contributed by atoms with Crippen LogP contribution >= 0.6 is 23.2 Å². The SMILES string of the molecule is CCC(=O)N1CCn2c(C3CC3)nc(-c3cccc4nc(-c5cnn(C)c5)ncc34)c2C1.COc1c(N)cccc1Cl.NC(N)=O.O=c1ncc2c(Cl)cccc2[nH]1. The minimum Gasteiger partial charge on any atom is -0.493 e. The van der Waals surface area contributed by atoms with Crippen molar-refractivity contribution in [2.75, 3.05) is 19.4 Å². The van der Waals surface area contributed by atoms with E-state index < -0.39 is 6.03 Å². The van der Waals surface area contributed by atoms with Gasteiger partial charge in [-0.25, -0.2) is 29.5 Å². The summed E-state index contributed by atoms with van der Waals surface area (Å²) in [5.41, 5.74) is 19.8. The highest BCUT2D eigenvalue weighted by Crippen LogP contribution is 2.43. The number of ether oxygens (including phenoxy) is 1. The summed E-state index contributed by atoms with van der Waals surface area (Å²) in [6.45, 7) is 4.09. The molecule has 0 atom stereocenters. The number of primary amides is 2. The van der Waals surface area contributed by atoms with Crippen LogP contribution in [0.1, 0.15) is 43.6 Å². The van der Waals surface area contributed by atoms with Crippen LogP contribution in [-0.2, 0) is 24.9 Å². The van der Waals surface area contributed by atoms with Crippen molar-refractivity contribution in [1.82, 2.24) is 44.2 Å². The number of rotatable bonds is 5. The fourth-order valence-corrected chi connectivity index (χ4v) is 6.91. The van der Waals surface area contributed by atoms with E-state index in [1.165, 1.54) is 32.0 Å². The van der Waals surface area contributed by atoms with Crippen LogP contribution in [0.2, 0.25) is 10.0 Å². The number of imidazole rings is 1. The average molecular weight is 826 g/mol. The maximum Gasteiger partial charge on any atom is 0.345 e. The van der Waals surface area contributed by atoms with E-state index in [1.807, 2.05) is 43.4 Å². The molecule has 1 fully saturated rings. The third-order valence-electron chi connectivity index (χ3n) is 9.28. The Hall–Kier alpha value is -6.52. The van der Waals surface area contributed by atoms with Crippen molar-refractivity contribution in [3.8, 4) is 28.4 Å². The molecule has 4 aromatic heterocycles. The fraction of sp³-hybridized carbons (Fsp3) is 0.250. The summed E-state index contributed by atoms with van der Waals surface area (Å²) in [6.07, 6.45) is 9.96. The van der Waals surface area contributed by atoms with Gasteiger partial charge in [-0.05, 0) is 43.2 Å². The maximum atomic E-state index is 12.4. The lowest BCUT2D eigenvalue weighted by atomic mass is 10.0. The highest BCUT2D eigenvalue weighted by atomic mass is 35.5. The van der Waals surface area contributed by atoms with E-state index in [0.717, 1.165) is 51.9 Å². The number of benzene rings is 3. The number of carbonyl (C=O) groups excluding carboxylic acids is 2. The van der Waals surface area contributed by atoms with Crippen LogP contribution in [0.5, 0.6) is 5.75 Å². The number of H-pyrrole nitrogens is 1. The van der Waals surface area contributed by atoms with Crippen LogP contribution in [0.15, 0.2) is 84.2 Å². The van der Waals surface area contributed by atoms with Gasteiger partial charge in [-0.15, -0.1) is 0 Å². The number of aryl methyl sites for hydroxylation is 1. The summed E-state index contributed by atoms with van der Waals surface area (Å²) < 4.78 is 9.03. The Morgan fingerprint density at radius 1 is 0.931 bits per heavy atom. The molecule has 300 valence electrons. The van der Waals surface area contributed by atoms with Crippen molar-refractivity contribution < 1.29 is 14.3 Å². The van der Waals surface area contributed by atoms with Gasteiger partial charge in [-0.1, -0.05) is 54.4 Å². The molecular weight excluding hydrogens is 783 g/mol. The number of nitrogen functional groups attached to an aromatic ring is 1. The summed E-state index contributed by atoms with van der Waals surface area (Å²) in [5, 5.41) is 7.11. The Kier molecular flexibility index (Phi) is 12.9. The van der Waals surface area contributed by atoms with Crippen LogP contribution in [0.4, 0.5) is 10.5 Å². The van der Waals surface area contributed by atoms with Crippen molar-refractivity contribution in [2.24, 2.45) is 18.5 Å². The first-order chi connectivity index (χ1) is 27.9. The van der Waals surface area contributed by atoms with E-state index in [-0.39, 0.29) is 11.6 Å². The molecule has 1 saturated carbocycles. The number of nitrogens with one attached hydrogen (secondary N) is 1. The monoisotopic (exact) mass is 824 g/mol. The molecule has 16 nitrogen and oxygen atoms in total. The van der Waals surface area contributed by atoms with Gasteiger partial charge in [0.25, 0.3) is 0 Å². The van der Waals surface area contributed by atoms with Crippen molar-refractivity contribution in [2.45, 2.75) is 45.2 Å². The Bertz CT molecular complexity index is 2630. The highest BCUT2D eigenvalue weighted by Gasteiger charge is 2.34. The second kappa shape index (κ2) is 18.2. The topological polar surface area (TPSA) is 232 Å². The molecule has 1 aliphatic heterocycles. The second-order valence-corrected chi connectivity index (χ2v) is 14.2. The number of hydrogen-bond donors (Lipinski definition) is 4. The molecule has 18 heteroatoms. The van der Waals surface area contributed by atoms with Crippen LogP contribution in [0, 0.1) is 0 Å². The summed E-state index contributed by atoms with van der Waals surface area (Å²) in [4.78, 5) is 54.9. The van der Waals surface area contributed by atoms with E-state index in [2.05, 4.69) is 42.2 Å². The molecule has 3 amide bonds. The Morgan fingerprint density at radius 3 is 2.29 bits per heavy atom. The zero-order chi connectivity index (χ0) is 41.5. The van der Waals surface area contributed by atoms with E-state index in [4.69, 9.17) is 48.4 Å². The molecule has 0 radical (unpaired) electrons. The first-order valence-electron chi connectivity index (χ1n) is 18.3. The molecular formula is C40H42Cl2N12O4. The maximum absolute atomic E-state index is 12.4. The summed E-state index contributed by atoms with van der Waals surface area (Å²) >= 11 is 11.6. The summed E-state index contributed by atoms with van der Waals surface area (Å²) in [5.74, 6) is 3.11. The lowest BCUT2D eigenvalue weighted by Gasteiger charge is -2.29. The zero-order valence-electron chi connectivity index (χ0n) is 32.0. The Balaban J connectivity index is 0.000000177. The van der Waals surface area contributed by atoms with E-state index in [0.29, 0.717) is 51.7 Å². The summed E-state index contributed by atoms with van der Waals surface area (Å²) in [6, 6.07) is 15.9. The van der Waals surface area contributed by atoms with Crippen molar-refractivity contribution >= 4 is 62.6 Å². The third kappa shape index (κ3) is 9.53. The minimum atomic E-state index is -0.833. The van der Waals surface area contributed by atoms with Crippen LogP contribution in [0.25, 0.3) is 44.5 Å². The molecule has 0 spiro atoms. The number of para-hydroxylation sites is 1. The van der Waals surface area contributed by atoms with E-state index >= 15 is 0 Å². The molecule has 0 bridgehead atoms. The first-order valence-corrected chi connectivity index (χ1v) is 19.0. The molecule has 2 aliphatic rings. The van der Waals surface area contributed by atoms with Gasteiger partial charge in [0, 0.05) is 67.4 Å². The summed E-state index contributed by atoms with van der Waals surface area (Å²) in [7, 11) is 3.42. The van der Waals surface area contributed by atoms with Gasteiger partial charge in [0.15, 0.2) is 11.6 Å². The predicted octanol–water partition coefficient (Wildman–Crippen LogP) is 6.05. The Morgan fingerprint density at radius 2 is 1.64 bits per heavy atom. The van der Waals surface area contributed by atoms with Gasteiger partial charge in [0.05, 0.1) is 63.6 Å². The number of anilines is 1. The molecule has 7 N–H and O–H groups in total. The second-order valence-electron chi connectivity index (χ2n) is 13.3. The van der Waals surface area contributed by atoms with Gasteiger partial charge in [0.1, 0.15) is 5.82 Å². The number of nitrogens with two attached hydrogens (primary N) is 3. The normalized spacial score (nSPS) is 12.9. The zero-order valence-corrected chi connectivity index (χ0v) is 33.5. The highest BCUT2D eigenvalue weighted by molar-refractivity contribution is 6.35. The number of urea groups is 1. The lowest BCUT2D eigenvalue weighted by molar-refractivity contribution is -0.132. The number of methoxy groups -OCH3 is 1.